The molecular weight excluding hydrogens is 407 g/mol. The summed E-state index contributed by atoms with van der Waals surface area (Å²) in [4.78, 5) is 39.4. The molecule has 3 amide bonds. The maximum Gasteiger partial charge on any atom is 0.293 e. The predicted molar refractivity (Wildman–Crippen MR) is 104 cm³/mol. The fourth-order valence-electron chi connectivity index (χ4n) is 3.11. The maximum atomic E-state index is 13.3. The third-order valence-electron chi connectivity index (χ3n) is 4.72. The number of thioether (sulfide) groups is 1. The van der Waals surface area contributed by atoms with Crippen molar-refractivity contribution >= 4 is 44.7 Å². The van der Waals surface area contributed by atoms with E-state index in [1.807, 2.05) is 0 Å². The standard InChI is InChI=1S/C18H19FN2O5S2/c1-20(14-6-8-28(25,26)11-14)16(22)5-7-21-17(23)15(27-18(21)24)10-12-3-2-4-13(19)9-12/h2-4,9-10,14H,5-8,11H2,1H3/b15-10+. The van der Waals surface area contributed by atoms with Crippen LogP contribution in [0.1, 0.15) is 18.4 Å². The predicted octanol–water partition coefficient (Wildman–Crippen LogP) is 1.90. The fourth-order valence-corrected chi connectivity index (χ4v) is 5.75. The Morgan fingerprint density at radius 1 is 1.39 bits per heavy atom. The molecule has 0 N–H and O–H groups in total. The molecule has 0 bridgehead atoms. The molecule has 2 fully saturated rings. The zero-order valence-corrected chi connectivity index (χ0v) is 16.8. The third kappa shape index (κ3) is 4.61. The van der Waals surface area contributed by atoms with E-state index in [0.717, 1.165) is 16.7 Å². The van der Waals surface area contributed by atoms with Crippen molar-refractivity contribution in [2.75, 3.05) is 25.1 Å². The lowest BCUT2D eigenvalue weighted by molar-refractivity contribution is -0.132. The van der Waals surface area contributed by atoms with Crippen LogP contribution < -0.4 is 0 Å². The number of hydrogen-bond acceptors (Lipinski definition) is 6. The smallest absolute Gasteiger partial charge is 0.293 e. The lowest BCUT2D eigenvalue weighted by Gasteiger charge is -2.24. The number of imide groups is 1. The maximum absolute atomic E-state index is 13.3. The van der Waals surface area contributed by atoms with Gasteiger partial charge in [0.1, 0.15) is 5.82 Å². The summed E-state index contributed by atoms with van der Waals surface area (Å²) in [5.41, 5.74) is 0.462. The Hall–Kier alpha value is -2.20. The van der Waals surface area contributed by atoms with E-state index >= 15 is 0 Å². The Morgan fingerprint density at radius 2 is 2.14 bits per heavy atom. The van der Waals surface area contributed by atoms with E-state index in [1.54, 1.807) is 6.07 Å². The summed E-state index contributed by atoms with van der Waals surface area (Å²) in [7, 11) is -1.58. The molecule has 1 unspecified atom stereocenters. The number of sulfone groups is 1. The number of amides is 3. The second-order valence-electron chi connectivity index (χ2n) is 6.70. The Morgan fingerprint density at radius 3 is 2.79 bits per heavy atom. The highest BCUT2D eigenvalue weighted by molar-refractivity contribution is 8.18. The number of hydrogen-bond donors (Lipinski definition) is 0. The van der Waals surface area contributed by atoms with E-state index in [2.05, 4.69) is 0 Å². The van der Waals surface area contributed by atoms with Crippen LogP contribution in [0.2, 0.25) is 0 Å². The summed E-state index contributed by atoms with van der Waals surface area (Å²) in [6.45, 7) is -0.0895. The minimum Gasteiger partial charge on any atom is -0.342 e. The van der Waals surface area contributed by atoms with E-state index in [4.69, 9.17) is 0 Å². The van der Waals surface area contributed by atoms with Gasteiger partial charge in [-0.3, -0.25) is 19.3 Å². The number of rotatable bonds is 5. The summed E-state index contributed by atoms with van der Waals surface area (Å²) in [5, 5.41) is -0.494. The topological polar surface area (TPSA) is 91.8 Å². The van der Waals surface area contributed by atoms with Crippen molar-refractivity contribution in [1.82, 2.24) is 9.80 Å². The molecule has 1 aromatic rings. The zero-order valence-electron chi connectivity index (χ0n) is 15.1. The quantitative estimate of drug-likeness (QED) is 0.668. The first-order valence-corrected chi connectivity index (χ1v) is 11.3. The molecule has 2 aliphatic heterocycles. The summed E-state index contributed by atoms with van der Waals surface area (Å²) in [5.74, 6) is -1.31. The SMILES string of the molecule is CN(C(=O)CCN1C(=O)S/C(=C/c2cccc(F)c2)C1=O)C1CCS(=O)(=O)C1. The van der Waals surface area contributed by atoms with Gasteiger partial charge in [0.15, 0.2) is 9.84 Å². The van der Waals surface area contributed by atoms with Crippen LogP contribution in [0.4, 0.5) is 9.18 Å². The summed E-state index contributed by atoms with van der Waals surface area (Å²) in [6.07, 6.45) is 1.74. The van der Waals surface area contributed by atoms with E-state index in [0.29, 0.717) is 12.0 Å². The molecule has 10 heteroatoms. The number of carbonyl (C=O) groups excluding carboxylic acids is 3. The van der Waals surface area contributed by atoms with Crippen molar-refractivity contribution in [3.8, 4) is 0 Å². The average molecular weight is 426 g/mol. The van der Waals surface area contributed by atoms with Crippen LogP contribution >= 0.6 is 11.8 Å². The number of halogens is 1. The largest absolute Gasteiger partial charge is 0.342 e. The van der Waals surface area contributed by atoms with Crippen molar-refractivity contribution < 1.29 is 27.2 Å². The fraction of sp³-hybridized carbons (Fsp3) is 0.389. The second-order valence-corrected chi connectivity index (χ2v) is 9.92. The number of carbonyl (C=O) groups is 3. The molecule has 2 heterocycles. The van der Waals surface area contributed by atoms with Crippen LogP contribution in [-0.2, 0) is 19.4 Å². The van der Waals surface area contributed by atoms with Gasteiger partial charge in [-0.2, -0.15) is 0 Å². The highest BCUT2D eigenvalue weighted by Gasteiger charge is 2.36. The van der Waals surface area contributed by atoms with Crippen LogP contribution in [0.25, 0.3) is 6.08 Å². The van der Waals surface area contributed by atoms with Crippen molar-refractivity contribution in [1.29, 1.82) is 0 Å². The Bertz CT molecular complexity index is 960. The van der Waals surface area contributed by atoms with E-state index in [-0.39, 0.29) is 41.3 Å². The van der Waals surface area contributed by atoms with Gasteiger partial charge in [-0.05, 0) is 42.0 Å². The summed E-state index contributed by atoms with van der Waals surface area (Å²) >= 11 is 0.739. The minimum absolute atomic E-state index is 0.0588. The lowest BCUT2D eigenvalue weighted by Crippen LogP contribution is -2.40. The Kier molecular flexibility index (Phi) is 5.90. The number of nitrogens with zero attached hydrogens (tertiary/aromatic N) is 2. The molecule has 150 valence electrons. The molecule has 1 atom stereocenters. The lowest BCUT2D eigenvalue weighted by atomic mass is 10.2. The van der Waals surface area contributed by atoms with Gasteiger partial charge >= 0.3 is 0 Å². The van der Waals surface area contributed by atoms with Gasteiger partial charge in [-0.15, -0.1) is 0 Å². The molecular formula is C18H19FN2O5S2. The first-order valence-electron chi connectivity index (χ1n) is 8.63. The molecule has 2 aliphatic rings. The van der Waals surface area contributed by atoms with Crippen LogP contribution in [-0.4, -0.2) is 66.4 Å². The van der Waals surface area contributed by atoms with Crippen LogP contribution in [0.15, 0.2) is 29.2 Å². The van der Waals surface area contributed by atoms with E-state index in [9.17, 15) is 27.2 Å². The van der Waals surface area contributed by atoms with Gasteiger partial charge in [0.05, 0.1) is 16.4 Å². The van der Waals surface area contributed by atoms with Crippen molar-refractivity contribution in [2.45, 2.75) is 18.9 Å². The second kappa shape index (κ2) is 8.04. The van der Waals surface area contributed by atoms with Gasteiger partial charge in [-0.1, -0.05) is 12.1 Å². The van der Waals surface area contributed by atoms with Crippen molar-refractivity contribution in [3.05, 3.63) is 40.6 Å². The zero-order chi connectivity index (χ0) is 20.5. The minimum atomic E-state index is -3.11. The summed E-state index contributed by atoms with van der Waals surface area (Å²) < 4.78 is 36.4. The molecule has 3 rings (SSSR count). The van der Waals surface area contributed by atoms with E-state index < -0.39 is 26.8 Å². The molecule has 0 aliphatic carbocycles. The summed E-state index contributed by atoms with van der Waals surface area (Å²) in [6, 6.07) is 5.28. The molecule has 1 aromatic carbocycles. The third-order valence-corrected chi connectivity index (χ3v) is 7.38. The Balaban J connectivity index is 1.61. The molecule has 28 heavy (non-hydrogen) atoms. The van der Waals surface area contributed by atoms with Crippen molar-refractivity contribution in [2.24, 2.45) is 0 Å². The molecule has 7 nitrogen and oxygen atoms in total. The first kappa shape index (κ1) is 20.5. The normalized spacial score (nSPS) is 22.9. The molecule has 0 radical (unpaired) electrons. The Labute approximate surface area is 166 Å². The highest BCUT2D eigenvalue weighted by atomic mass is 32.2. The van der Waals surface area contributed by atoms with Crippen molar-refractivity contribution in [3.63, 3.8) is 0 Å². The monoisotopic (exact) mass is 426 g/mol. The van der Waals surface area contributed by atoms with Gasteiger partial charge in [0.25, 0.3) is 11.1 Å². The van der Waals surface area contributed by atoms with Crippen LogP contribution in [0, 0.1) is 5.82 Å². The van der Waals surface area contributed by atoms with Gasteiger partial charge in [0, 0.05) is 26.1 Å². The number of benzene rings is 1. The molecule has 0 saturated carbocycles. The average Bonchev–Trinajstić information content (AvgIpc) is 3.11. The molecule has 0 aromatic heterocycles. The molecule has 2 saturated heterocycles. The van der Waals surface area contributed by atoms with Crippen LogP contribution in [0.5, 0.6) is 0 Å². The highest BCUT2D eigenvalue weighted by Crippen LogP contribution is 2.32. The van der Waals surface area contributed by atoms with Crippen LogP contribution in [0.3, 0.4) is 0 Å². The first-order chi connectivity index (χ1) is 13.2. The van der Waals surface area contributed by atoms with Gasteiger partial charge in [0.2, 0.25) is 5.91 Å². The van der Waals surface area contributed by atoms with Gasteiger partial charge < -0.3 is 4.90 Å². The van der Waals surface area contributed by atoms with Gasteiger partial charge in [-0.25, -0.2) is 12.8 Å². The van der Waals surface area contributed by atoms with E-state index in [1.165, 1.54) is 36.2 Å². The molecule has 0 spiro atoms.